The minimum atomic E-state index is -1.66. The Morgan fingerprint density at radius 1 is 1.46 bits per heavy atom. The Hall–Kier alpha value is 0.697. The van der Waals surface area contributed by atoms with Crippen LogP contribution in [0, 0.1) is 0 Å². The number of carbonyl (C=O) groups excluding carboxylic acids is 1. The van der Waals surface area contributed by atoms with Crippen molar-refractivity contribution >= 4 is 43.2 Å². The Kier molecular flexibility index (Phi) is 5.84. The molecular weight excluding hydrogens is 246 g/mol. The number of hydrogen-bond donors (Lipinski definition) is 0. The van der Waals surface area contributed by atoms with Crippen LogP contribution in [-0.4, -0.2) is 25.9 Å². The number of halogens is 2. The molecule has 78 valence electrons. The molecule has 13 heavy (non-hydrogen) atoms. The standard InChI is InChI=1S/C7H15Cl2O2PSi/c1-5-11-6(10)7(12(8)9)13(2,3)4/h7H,5H2,1-4H3. The second kappa shape index (κ2) is 5.55. The lowest BCUT2D eigenvalue weighted by Crippen LogP contribution is -2.42. The molecule has 1 unspecified atom stereocenters. The van der Waals surface area contributed by atoms with Gasteiger partial charge >= 0.3 is 5.97 Å². The molecule has 1 atom stereocenters. The van der Waals surface area contributed by atoms with Crippen molar-refractivity contribution in [3.8, 4) is 0 Å². The maximum absolute atomic E-state index is 11.5. The van der Waals surface area contributed by atoms with E-state index in [0.29, 0.717) is 6.61 Å². The Bertz CT molecular complexity index is 182. The first-order valence-corrected chi connectivity index (χ1v) is 10.9. The van der Waals surface area contributed by atoms with Gasteiger partial charge in [0.05, 0.1) is 26.6 Å². The largest absolute Gasteiger partial charge is 0.466 e. The molecule has 6 heteroatoms. The highest BCUT2D eigenvalue weighted by molar-refractivity contribution is 8.06. The van der Waals surface area contributed by atoms with Crippen molar-refractivity contribution < 1.29 is 9.53 Å². The molecule has 0 amide bonds. The molecule has 0 fully saturated rings. The number of carbonyl (C=O) groups is 1. The molecule has 0 aliphatic heterocycles. The predicted octanol–water partition coefficient (Wildman–Crippen LogP) is 3.59. The molecule has 0 aliphatic carbocycles. The van der Waals surface area contributed by atoms with Crippen LogP contribution in [0.5, 0.6) is 0 Å². The third-order valence-corrected chi connectivity index (χ3v) is 9.25. The van der Waals surface area contributed by atoms with Gasteiger partial charge in [-0.2, -0.15) is 0 Å². The highest BCUT2D eigenvalue weighted by Crippen LogP contribution is 2.54. The van der Waals surface area contributed by atoms with Gasteiger partial charge in [0, 0.05) is 0 Å². The molecule has 0 bridgehead atoms. The van der Waals surface area contributed by atoms with Crippen molar-refractivity contribution in [3.05, 3.63) is 0 Å². The zero-order valence-corrected chi connectivity index (χ0v) is 11.7. The van der Waals surface area contributed by atoms with E-state index in [4.69, 9.17) is 27.2 Å². The first-order valence-electron chi connectivity index (χ1n) is 4.08. The van der Waals surface area contributed by atoms with E-state index >= 15 is 0 Å². The molecule has 0 saturated carbocycles. The topological polar surface area (TPSA) is 26.3 Å². The van der Waals surface area contributed by atoms with Crippen LogP contribution in [0.25, 0.3) is 0 Å². The first-order chi connectivity index (χ1) is 5.80. The van der Waals surface area contributed by atoms with Gasteiger partial charge in [-0.15, -0.1) is 0 Å². The summed E-state index contributed by atoms with van der Waals surface area (Å²) < 4.78 is 4.93. The minimum absolute atomic E-state index is 0.238. The molecule has 0 aromatic carbocycles. The van der Waals surface area contributed by atoms with Gasteiger partial charge in [-0.3, -0.25) is 4.79 Å². The van der Waals surface area contributed by atoms with Crippen LogP contribution < -0.4 is 0 Å². The maximum atomic E-state index is 11.5. The summed E-state index contributed by atoms with van der Waals surface area (Å²) in [6.45, 7) is 7.09. The fraction of sp³-hybridized carbons (Fsp3) is 0.857. The van der Waals surface area contributed by atoms with Gasteiger partial charge in [-0.05, 0) is 6.92 Å². The van der Waals surface area contributed by atoms with E-state index in [1.165, 1.54) is 0 Å². The van der Waals surface area contributed by atoms with E-state index in [1.807, 2.05) is 0 Å². The summed E-state index contributed by atoms with van der Waals surface area (Å²) >= 11 is 11.6. The Morgan fingerprint density at radius 3 is 2.15 bits per heavy atom. The van der Waals surface area contributed by atoms with Crippen LogP contribution in [0.4, 0.5) is 0 Å². The summed E-state index contributed by atoms with van der Waals surface area (Å²) in [6, 6.07) is 0. The van der Waals surface area contributed by atoms with Crippen molar-refractivity contribution in [2.75, 3.05) is 6.61 Å². The fourth-order valence-electron chi connectivity index (χ4n) is 0.947. The van der Waals surface area contributed by atoms with Crippen molar-refractivity contribution in [2.24, 2.45) is 0 Å². The highest BCUT2D eigenvalue weighted by atomic mass is 35.9. The minimum Gasteiger partial charge on any atom is -0.466 e. The molecule has 2 nitrogen and oxygen atoms in total. The quantitative estimate of drug-likeness (QED) is 0.439. The average Bonchev–Trinajstić information content (AvgIpc) is 1.82. The summed E-state index contributed by atoms with van der Waals surface area (Å²) in [5.41, 5.74) is 0. The van der Waals surface area contributed by atoms with Crippen LogP contribution in [0.3, 0.4) is 0 Å². The van der Waals surface area contributed by atoms with E-state index in [9.17, 15) is 4.79 Å². The Morgan fingerprint density at radius 2 is 1.92 bits per heavy atom. The van der Waals surface area contributed by atoms with E-state index in [0.717, 1.165) is 0 Å². The van der Waals surface area contributed by atoms with Crippen LogP contribution in [0.2, 0.25) is 19.6 Å². The molecule has 0 heterocycles. The maximum Gasteiger partial charge on any atom is 0.312 e. The molecule has 0 N–H and O–H groups in total. The monoisotopic (exact) mass is 260 g/mol. The zero-order valence-electron chi connectivity index (χ0n) is 8.30. The summed E-state index contributed by atoms with van der Waals surface area (Å²) in [7, 11) is -1.66. The molecule has 0 aromatic heterocycles. The zero-order chi connectivity index (χ0) is 10.6. The van der Waals surface area contributed by atoms with Crippen molar-refractivity contribution in [1.82, 2.24) is 0 Å². The molecule has 0 saturated heterocycles. The number of esters is 1. The third-order valence-electron chi connectivity index (χ3n) is 1.53. The van der Waals surface area contributed by atoms with E-state index in [1.54, 1.807) is 6.92 Å². The number of ether oxygens (including phenoxy) is 1. The van der Waals surface area contributed by atoms with Gasteiger partial charge in [-0.1, -0.05) is 42.1 Å². The van der Waals surface area contributed by atoms with Crippen LogP contribution in [0.1, 0.15) is 6.92 Å². The van der Waals surface area contributed by atoms with Crippen molar-refractivity contribution in [3.63, 3.8) is 0 Å². The lowest BCUT2D eigenvalue weighted by atomic mass is 10.7. The molecule has 0 aliphatic rings. The van der Waals surface area contributed by atoms with Crippen LogP contribution >= 0.6 is 29.1 Å². The summed E-state index contributed by atoms with van der Waals surface area (Å²) in [5, 5.41) is -0.272. The molecule has 0 spiro atoms. The normalized spacial score (nSPS) is 14.4. The predicted molar refractivity (Wildman–Crippen MR) is 62.4 cm³/mol. The second-order valence-corrected chi connectivity index (χ2v) is 13.3. The molecule has 0 rings (SSSR count). The van der Waals surface area contributed by atoms with Crippen molar-refractivity contribution in [1.29, 1.82) is 0 Å². The van der Waals surface area contributed by atoms with E-state index < -0.39 is 14.7 Å². The molecule has 0 aromatic rings. The molecular formula is C7H15Cl2O2PSi. The SMILES string of the molecule is CCOC(=O)C(P(Cl)Cl)[Si](C)(C)C. The van der Waals surface area contributed by atoms with Crippen molar-refractivity contribution in [2.45, 2.75) is 31.8 Å². The van der Waals surface area contributed by atoms with Crippen LogP contribution in [0.15, 0.2) is 0 Å². The smallest absolute Gasteiger partial charge is 0.312 e. The van der Waals surface area contributed by atoms with Gasteiger partial charge in [0.2, 0.25) is 0 Å². The Labute approximate surface area is 91.3 Å². The lowest BCUT2D eigenvalue weighted by Gasteiger charge is -2.27. The third kappa shape index (κ3) is 4.64. The number of rotatable bonds is 4. The lowest BCUT2D eigenvalue weighted by molar-refractivity contribution is -0.141. The molecule has 0 radical (unpaired) electrons. The van der Waals surface area contributed by atoms with Gasteiger partial charge in [0.15, 0.2) is 0 Å². The van der Waals surface area contributed by atoms with Gasteiger partial charge < -0.3 is 4.74 Å². The van der Waals surface area contributed by atoms with E-state index in [2.05, 4.69) is 19.6 Å². The average molecular weight is 261 g/mol. The van der Waals surface area contributed by atoms with Gasteiger partial charge in [0.1, 0.15) is 0 Å². The first kappa shape index (κ1) is 13.7. The van der Waals surface area contributed by atoms with Gasteiger partial charge in [-0.25, -0.2) is 0 Å². The second-order valence-electron chi connectivity index (χ2n) is 3.78. The summed E-state index contributed by atoms with van der Waals surface area (Å²) in [6.07, 6.45) is 0. The van der Waals surface area contributed by atoms with E-state index in [-0.39, 0.29) is 11.3 Å². The highest BCUT2D eigenvalue weighted by Gasteiger charge is 2.39. The fourth-order valence-corrected chi connectivity index (χ4v) is 10.1. The van der Waals surface area contributed by atoms with Gasteiger partial charge in [0.25, 0.3) is 0 Å². The van der Waals surface area contributed by atoms with Crippen LogP contribution in [-0.2, 0) is 9.53 Å². The summed E-state index contributed by atoms with van der Waals surface area (Å²) in [5.74, 6) is -0.238. The Balaban J connectivity index is 4.52. The summed E-state index contributed by atoms with van der Waals surface area (Å²) in [4.78, 5) is 11.5. The number of hydrogen-bond acceptors (Lipinski definition) is 2.